The number of halogens is 2. The maximum absolute atomic E-state index is 14.9. The molecule has 4 aromatic rings. The van der Waals surface area contributed by atoms with Crippen LogP contribution in [0.5, 0.6) is 11.8 Å². The van der Waals surface area contributed by atoms with Crippen molar-refractivity contribution >= 4 is 23.9 Å². The Bertz CT molecular complexity index is 2550. The largest absolute Gasteiger partial charge is 0.463 e. The third kappa shape index (κ3) is 13.9. The number of aryl methyl sites for hydroxylation is 2. The number of hydrogen-bond donors (Lipinski definition) is 4. The summed E-state index contributed by atoms with van der Waals surface area (Å²) in [5.41, 5.74) is 5.06. The first-order valence-electron chi connectivity index (χ1n) is 23.4. The molecule has 4 N–H and O–H groups in total. The van der Waals surface area contributed by atoms with E-state index >= 15 is 0 Å². The third-order valence-corrected chi connectivity index (χ3v) is 11.9. The lowest BCUT2D eigenvalue weighted by Gasteiger charge is -2.43. The molecule has 6 rings (SSSR count). The summed E-state index contributed by atoms with van der Waals surface area (Å²) < 4.78 is 77.7. The van der Waals surface area contributed by atoms with Gasteiger partial charge in [-0.1, -0.05) is 24.3 Å². The Labute approximate surface area is 416 Å². The van der Waals surface area contributed by atoms with Crippen LogP contribution in [0.4, 0.5) is 8.78 Å². The number of rotatable bonds is 16. The molecule has 4 heterocycles. The molecule has 2 aromatic heterocycles. The summed E-state index contributed by atoms with van der Waals surface area (Å²) in [7, 11) is 0. The van der Waals surface area contributed by atoms with Crippen molar-refractivity contribution in [1.29, 1.82) is 0 Å². The third-order valence-electron chi connectivity index (χ3n) is 11.9. The highest BCUT2D eigenvalue weighted by Gasteiger charge is 2.54. The number of aromatic nitrogens is 4. The van der Waals surface area contributed by atoms with Gasteiger partial charge < -0.3 is 58.3 Å². The minimum absolute atomic E-state index is 0.00114. The topological polar surface area (TPSA) is 259 Å². The fourth-order valence-electron chi connectivity index (χ4n) is 8.30. The van der Waals surface area contributed by atoms with Gasteiger partial charge in [0.05, 0.1) is 6.61 Å². The number of ether oxygens (including phenoxy) is 8. The molecule has 72 heavy (non-hydrogen) atoms. The van der Waals surface area contributed by atoms with Gasteiger partial charge >= 0.3 is 23.9 Å². The van der Waals surface area contributed by atoms with Crippen LogP contribution in [-0.4, -0.2) is 138 Å². The Kier molecular flexibility index (Phi) is 19.4. The van der Waals surface area contributed by atoms with Crippen molar-refractivity contribution in [2.24, 2.45) is 0 Å². The predicted molar refractivity (Wildman–Crippen MR) is 250 cm³/mol. The van der Waals surface area contributed by atoms with Gasteiger partial charge in [0, 0.05) is 75.1 Å². The maximum atomic E-state index is 14.9. The van der Waals surface area contributed by atoms with Gasteiger partial charge in [0.25, 0.3) is 0 Å². The molecule has 0 unspecified atom stereocenters. The smallest absolute Gasteiger partial charge is 0.303 e. The molecule has 20 nitrogen and oxygen atoms in total. The first kappa shape index (κ1) is 56.9. The number of esters is 4. The van der Waals surface area contributed by atoms with Gasteiger partial charge in [-0.2, -0.15) is 0 Å². The van der Waals surface area contributed by atoms with E-state index in [2.05, 4.69) is 10.2 Å². The Hall–Kier alpha value is -6.04. The van der Waals surface area contributed by atoms with Crippen molar-refractivity contribution in [3.63, 3.8) is 0 Å². The van der Waals surface area contributed by atoms with E-state index in [-0.39, 0.29) is 42.5 Å². The fourth-order valence-corrected chi connectivity index (χ4v) is 8.30. The summed E-state index contributed by atoms with van der Waals surface area (Å²) in [4.78, 5) is 47.9. The van der Waals surface area contributed by atoms with Crippen molar-refractivity contribution in [1.82, 2.24) is 19.6 Å². The summed E-state index contributed by atoms with van der Waals surface area (Å²) >= 11 is 0. The van der Waals surface area contributed by atoms with Gasteiger partial charge in [0.1, 0.15) is 48.8 Å². The Morgan fingerprint density at radius 2 is 1.04 bits per heavy atom. The number of carbonyl (C=O) groups is 4. The van der Waals surface area contributed by atoms with E-state index in [9.17, 15) is 48.4 Å². The second kappa shape index (κ2) is 24.6. The van der Waals surface area contributed by atoms with E-state index in [0.717, 1.165) is 37.6 Å². The van der Waals surface area contributed by atoms with Crippen LogP contribution in [0.25, 0.3) is 0 Å². The average molecular weight is 1020 g/mol. The normalized spacial score (nSPS) is 24.0. The highest BCUT2D eigenvalue weighted by atomic mass is 19.1. The fraction of sp³-hybridized carbons (Fsp3) is 0.560. The lowest BCUT2D eigenvalue weighted by Crippen LogP contribution is -2.63. The van der Waals surface area contributed by atoms with Crippen molar-refractivity contribution < 1.29 is 86.3 Å². The molecule has 0 radical (unpaired) electrons. The molecular formula is C50H66F2N4O16. The highest BCUT2D eigenvalue weighted by molar-refractivity contribution is 5.68. The lowest BCUT2D eigenvalue weighted by molar-refractivity contribution is -0.289. The molecule has 2 aliphatic heterocycles. The number of benzene rings is 2. The quantitative estimate of drug-likeness (QED) is 0.0903. The maximum Gasteiger partial charge on any atom is 0.303 e. The second-order valence-electron chi connectivity index (χ2n) is 18.4. The molecular weight excluding hydrogens is 951 g/mol. The average Bonchev–Trinajstić information content (AvgIpc) is 3.77. The van der Waals surface area contributed by atoms with Crippen molar-refractivity contribution in [3.05, 3.63) is 92.8 Å². The van der Waals surface area contributed by atoms with E-state index in [1.54, 1.807) is 34.5 Å². The molecule has 0 spiro atoms. The van der Waals surface area contributed by atoms with Crippen molar-refractivity contribution in [2.45, 2.75) is 169 Å². The zero-order valence-electron chi connectivity index (χ0n) is 42.5. The zero-order chi connectivity index (χ0) is 53.5. The molecule has 0 aliphatic carbocycles. The Morgan fingerprint density at radius 3 is 1.46 bits per heavy atom. The molecule has 0 amide bonds. The van der Waals surface area contributed by atoms with E-state index in [1.165, 1.54) is 19.1 Å². The molecule has 0 saturated carbocycles. The first-order valence-corrected chi connectivity index (χ1v) is 23.4. The van der Waals surface area contributed by atoms with Gasteiger partial charge in [-0.3, -0.25) is 28.5 Å². The molecule has 2 aromatic carbocycles. The van der Waals surface area contributed by atoms with E-state index in [0.29, 0.717) is 27.9 Å². The molecule has 396 valence electrons. The van der Waals surface area contributed by atoms with Gasteiger partial charge in [-0.15, -0.1) is 10.2 Å². The van der Waals surface area contributed by atoms with E-state index in [4.69, 9.17) is 37.9 Å². The molecule has 2 fully saturated rings. The summed E-state index contributed by atoms with van der Waals surface area (Å²) in [5, 5.41) is 48.7. The van der Waals surface area contributed by atoms with Crippen LogP contribution in [0.2, 0.25) is 0 Å². The van der Waals surface area contributed by atoms with Crippen LogP contribution in [0.1, 0.15) is 112 Å². The van der Waals surface area contributed by atoms with Crippen LogP contribution in [-0.2, 0) is 60.4 Å². The molecule has 2 saturated heterocycles. The molecule has 0 bridgehead atoms. The van der Waals surface area contributed by atoms with Crippen molar-refractivity contribution in [2.75, 3.05) is 13.2 Å². The Balaban J connectivity index is 0.000000282. The summed E-state index contributed by atoms with van der Waals surface area (Å²) in [6, 6.07) is 9.77. The standard InChI is InChI=1S/C29H37FN2O10.C21H29FN2O6/c1-14(2)32-16(4)22(12-21-10-9-15(3)11-23(21)30)28(31-32)42-29-27(40-20(8)36)26(39-19(7)35)25(38-18(6)34)24(41-29)13-37-17(5)33;1-10(2)24-12(4)14(8-13-6-5-11(3)7-15(13)22)20(23-24)30-21-19(28)18(27)17(26)16(9-25)29-21/h9-11,14,24-27,29H,12-13H2,1-8H3;5-7,10,16-19,21,25-28H,8-9H2,1-4H3/t24-,25-,26+,27-,29+;16-,17-,18+,19-,21+/m11/s1. The van der Waals surface area contributed by atoms with Crippen LogP contribution >= 0.6 is 0 Å². The molecule has 10 atom stereocenters. The number of carbonyl (C=O) groups excluding carboxylic acids is 4. The SMILES string of the molecule is CC(=O)OC[C@H]1O[C@@H](Oc2nn(C(C)C)c(C)c2Cc2ccc(C)cc2F)[C@H](OC(C)=O)[C@@H](OC(C)=O)[C@@H]1OC(C)=O.Cc1ccc(Cc2c(O[C@@H]3O[C@H](CO)[C@@H](O)[C@H](O)[C@H]3O)nn(C(C)C)c2C)c(F)c1. The van der Waals surface area contributed by atoms with Crippen LogP contribution in [0, 0.1) is 39.3 Å². The molecule has 22 heteroatoms. The Morgan fingerprint density at radius 1 is 0.611 bits per heavy atom. The highest BCUT2D eigenvalue weighted by Crippen LogP contribution is 2.35. The minimum atomic E-state index is -1.56. The minimum Gasteiger partial charge on any atom is -0.463 e. The number of hydrogen-bond acceptors (Lipinski definition) is 18. The van der Waals surface area contributed by atoms with Gasteiger partial charge in [-0.05, 0) is 89.8 Å². The zero-order valence-corrected chi connectivity index (χ0v) is 42.5. The summed E-state index contributed by atoms with van der Waals surface area (Å²) in [6.45, 7) is 18.6. The second-order valence-corrected chi connectivity index (χ2v) is 18.4. The number of nitrogens with zero attached hydrogens (tertiary/aromatic N) is 4. The first-order chi connectivity index (χ1) is 33.8. The van der Waals surface area contributed by atoms with Gasteiger partial charge in [0.15, 0.2) is 12.2 Å². The van der Waals surface area contributed by atoms with E-state index < -0.39 is 104 Å². The van der Waals surface area contributed by atoms with Crippen LogP contribution in [0.3, 0.4) is 0 Å². The van der Waals surface area contributed by atoms with Gasteiger partial charge in [-0.25, -0.2) is 8.78 Å². The monoisotopic (exact) mass is 1020 g/mol. The number of aliphatic hydroxyl groups excluding tert-OH is 4. The predicted octanol–water partition coefficient (Wildman–Crippen LogP) is 4.26. The molecule has 2 aliphatic rings. The summed E-state index contributed by atoms with van der Waals surface area (Å²) in [5.74, 6) is -3.47. The lowest BCUT2D eigenvalue weighted by atomic mass is 9.98. The van der Waals surface area contributed by atoms with Crippen molar-refractivity contribution in [3.8, 4) is 11.8 Å². The van der Waals surface area contributed by atoms with Crippen LogP contribution in [0.15, 0.2) is 36.4 Å². The number of aliphatic hydroxyl groups is 4. The van der Waals surface area contributed by atoms with Crippen LogP contribution < -0.4 is 9.47 Å². The summed E-state index contributed by atoms with van der Waals surface area (Å²) in [6.07, 6.45) is -13.6. The van der Waals surface area contributed by atoms with Gasteiger partial charge in [0.2, 0.25) is 30.4 Å². The van der Waals surface area contributed by atoms with E-state index in [1.807, 2.05) is 54.5 Å².